The summed E-state index contributed by atoms with van der Waals surface area (Å²) in [5.41, 5.74) is 4.73. The van der Waals surface area contributed by atoms with Crippen LogP contribution in [-0.2, 0) is 0 Å². The van der Waals surface area contributed by atoms with E-state index in [2.05, 4.69) is 77.1 Å². The number of thiazole rings is 1. The highest BCUT2D eigenvalue weighted by atomic mass is 32.1. The zero-order chi connectivity index (χ0) is 14.4. The van der Waals surface area contributed by atoms with Gasteiger partial charge >= 0.3 is 4.96 Å². The third kappa shape index (κ3) is 2.01. The van der Waals surface area contributed by atoms with Crippen molar-refractivity contribution >= 4 is 27.1 Å². The number of hydrogen-bond donors (Lipinski definition) is 0. The average molecular weight is 291 g/mol. The minimum absolute atomic E-state index is 1.05. The summed E-state index contributed by atoms with van der Waals surface area (Å²) in [4.78, 5) is 5.68. The van der Waals surface area contributed by atoms with Gasteiger partial charge in [-0.25, -0.2) is 0 Å². The van der Waals surface area contributed by atoms with Crippen molar-refractivity contribution in [2.75, 3.05) is 0 Å². The number of fused-ring (bicyclic) bond motifs is 2. The van der Waals surface area contributed by atoms with Gasteiger partial charge in [0, 0.05) is 23.9 Å². The van der Waals surface area contributed by atoms with Gasteiger partial charge in [0.05, 0.1) is 0 Å². The summed E-state index contributed by atoms with van der Waals surface area (Å²) in [7, 11) is 0. The fraction of sp³-hybridized carbons (Fsp3) is 0.111. The minimum atomic E-state index is 1.05. The molecule has 0 saturated carbocycles. The van der Waals surface area contributed by atoms with Crippen LogP contribution in [0.2, 0.25) is 0 Å². The first-order valence-corrected chi connectivity index (χ1v) is 7.87. The molecular formula is C18H15N2S+. The van der Waals surface area contributed by atoms with Crippen molar-refractivity contribution in [3.05, 3.63) is 65.3 Å². The molecule has 0 saturated heterocycles. The Balaban J connectivity index is 2.05. The normalized spacial score (nSPS) is 11.3. The van der Waals surface area contributed by atoms with Crippen molar-refractivity contribution in [2.45, 2.75) is 13.8 Å². The number of rotatable bonds is 1. The van der Waals surface area contributed by atoms with Gasteiger partial charge in [-0.15, -0.1) is 0 Å². The molecule has 2 aromatic carbocycles. The van der Waals surface area contributed by atoms with Gasteiger partial charge in [0.2, 0.25) is 0 Å². The van der Waals surface area contributed by atoms with Gasteiger partial charge in [0.15, 0.2) is 5.69 Å². The zero-order valence-corrected chi connectivity index (χ0v) is 12.8. The van der Waals surface area contributed by atoms with Crippen molar-refractivity contribution in [3.8, 4) is 11.3 Å². The van der Waals surface area contributed by atoms with Gasteiger partial charge in [-0.05, 0) is 28.7 Å². The second-order valence-electron chi connectivity index (χ2n) is 5.34. The maximum absolute atomic E-state index is 4.63. The summed E-state index contributed by atoms with van der Waals surface area (Å²) in [6.07, 6.45) is 0. The first-order valence-electron chi connectivity index (χ1n) is 6.99. The van der Waals surface area contributed by atoms with Crippen LogP contribution in [0.1, 0.15) is 11.4 Å². The second-order valence-corrected chi connectivity index (χ2v) is 6.18. The van der Waals surface area contributed by atoms with E-state index in [9.17, 15) is 0 Å². The van der Waals surface area contributed by atoms with E-state index in [1.54, 1.807) is 11.3 Å². The molecule has 4 aromatic rings. The fourth-order valence-corrected chi connectivity index (χ4v) is 3.70. The van der Waals surface area contributed by atoms with E-state index in [4.69, 9.17) is 0 Å². The molecule has 0 aliphatic carbocycles. The molecule has 2 aromatic heterocycles. The number of hydrogen-bond acceptors (Lipinski definition) is 2. The van der Waals surface area contributed by atoms with E-state index >= 15 is 0 Å². The lowest BCUT2D eigenvalue weighted by molar-refractivity contribution is -0.505. The number of aromatic nitrogens is 2. The molecule has 3 heteroatoms. The van der Waals surface area contributed by atoms with Crippen LogP contribution in [0.3, 0.4) is 0 Å². The molecule has 2 nitrogen and oxygen atoms in total. The highest BCUT2D eigenvalue weighted by Crippen LogP contribution is 2.24. The van der Waals surface area contributed by atoms with E-state index in [0.717, 1.165) is 10.7 Å². The van der Waals surface area contributed by atoms with Crippen LogP contribution in [-0.4, -0.2) is 4.98 Å². The van der Waals surface area contributed by atoms with E-state index in [1.165, 1.54) is 27.7 Å². The SMILES string of the molecule is Cc1cc(-c2ccc3ccccc3c2)[n+]2c(C)csc2n1. The second kappa shape index (κ2) is 4.64. The molecule has 0 atom stereocenters. The molecule has 0 aliphatic rings. The molecule has 0 N–H and O–H groups in total. The predicted octanol–water partition coefficient (Wildman–Crippen LogP) is 4.32. The van der Waals surface area contributed by atoms with Crippen LogP contribution in [0.25, 0.3) is 27.0 Å². The Labute approximate surface area is 127 Å². The van der Waals surface area contributed by atoms with E-state index in [-0.39, 0.29) is 0 Å². The van der Waals surface area contributed by atoms with Crippen molar-refractivity contribution < 1.29 is 4.40 Å². The Morgan fingerprint density at radius 1 is 0.952 bits per heavy atom. The van der Waals surface area contributed by atoms with E-state index < -0.39 is 0 Å². The van der Waals surface area contributed by atoms with E-state index in [1.807, 2.05) is 0 Å². The van der Waals surface area contributed by atoms with Crippen molar-refractivity contribution in [1.82, 2.24) is 4.98 Å². The zero-order valence-electron chi connectivity index (χ0n) is 12.0. The lowest BCUT2D eigenvalue weighted by Gasteiger charge is -2.04. The summed E-state index contributed by atoms with van der Waals surface area (Å²) in [6, 6.07) is 17.3. The molecular weight excluding hydrogens is 276 g/mol. The van der Waals surface area contributed by atoms with Gasteiger partial charge in [-0.1, -0.05) is 47.7 Å². The topological polar surface area (TPSA) is 17.0 Å². The lowest BCUT2D eigenvalue weighted by Crippen LogP contribution is -2.26. The largest absolute Gasteiger partial charge is 0.387 e. The number of aryl methyl sites for hydroxylation is 2. The van der Waals surface area contributed by atoms with E-state index in [0.29, 0.717) is 0 Å². The summed E-state index contributed by atoms with van der Waals surface area (Å²) >= 11 is 1.69. The smallest absolute Gasteiger partial charge is 0.183 e. The maximum Gasteiger partial charge on any atom is 0.387 e. The van der Waals surface area contributed by atoms with Gasteiger partial charge in [0.25, 0.3) is 0 Å². The minimum Gasteiger partial charge on any atom is -0.183 e. The molecule has 4 rings (SSSR count). The molecule has 0 bridgehead atoms. The Morgan fingerprint density at radius 2 is 1.76 bits per heavy atom. The third-order valence-electron chi connectivity index (χ3n) is 3.78. The summed E-state index contributed by atoms with van der Waals surface area (Å²) < 4.78 is 2.24. The van der Waals surface area contributed by atoms with Crippen LogP contribution in [0, 0.1) is 13.8 Å². The van der Waals surface area contributed by atoms with Gasteiger partial charge in [0.1, 0.15) is 11.4 Å². The quantitative estimate of drug-likeness (QED) is 0.477. The first-order chi connectivity index (χ1) is 10.2. The molecule has 0 unspecified atom stereocenters. The Bertz CT molecular complexity index is 969. The van der Waals surface area contributed by atoms with Crippen LogP contribution >= 0.6 is 11.3 Å². The van der Waals surface area contributed by atoms with Gasteiger partial charge in [-0.2, -0.15) is 4.40 Å². The first kappa shape index (κ1) is 12.5. The highest BCUT2D eigenvalue weighted by molar-refractivity contribution is 7.14. The van der Waals surface area contributed by atoms with Crippen molar-refractivity contribution in [3.63, 3.8) is 0 Å². The maximum atomic E-state index is 4.63. The van der Waals surface area contributed by atoms with Crippen molar-refractivity contribution in [2.24, 2.45) is 0 Å². The summed E-state index contributed by atoms with van der Waals surface area (Å²) in [5, 5.41) is 4.70. The molecule has 0 spiro atoms. The van der Waals surface area contributed by atoms with Crippen LogP contribution in [0.15, 0.2) is 53.9 Å². The Morgan fingerprint density at radius 3 is 2.62 bits per heavy atom. The van der Waals surface area contributed by atoms with Crippen LogP contribution < -0.4 is 4.40 Å². The molecule has 102 valence electrons. The van der Waals surface area contributed by atoms with Crippen molar-refractivity contribution in [1.29, 1.82) is 0 Å². The molecule has 21 heavy (non-hydrogen) atoms. The predicted molar refractivity (Wildman–Crippen MR) is 87.7 cm³/mol. The number of nitrogens with zero attached hydrogens (tertiary/aromatic N) is 2. The molecule has 0 fully saturated rings. The standard InChI is InChI=1S/C18H15N2S/c1-12-9-17(20-13(2)11-21-18(20)19-12)16-8-7-14-5-3-4-6-15(14)10-16/h3-11H,1-2H3/q+1. The monoisotopic (exact) mass is 291 g/mol. The summed E-state index contributed by atoms with van der Waals surface area (Å²) in [6.45, 7) is 4.19. The average Bonchev–Trinajstić information content (AvgIpc) is 2.87. The number of benzene rings is 2. The van der Waals surface area contributed by atoms with Crippen LogP contribution in [0.5, 0.6) is 0 Å². The van der Waals surface area contributed by atoms with Gasteiger partial charge in [-0.3, -0.25) is 0 Å². The molecule has 0 amide bonds. The molecule has 2 heterocycles. The Kier molecular flexibility index (Phi) is 2.76. The Hall–Kier alpha value is -2.26. The van der Waals surface area contributed by atoms with Crippen LogP contribution in [0.4, 0.5) is 0 Å². The molecule has 0 radical (unpaired) electrons. The molecule has 0 aliphatic heterocycles. The lowest BCUT2D eigenvalue weighted by atomic mass is 10.0. The van der Waals surface area contributed by atoms with Gasteiger partial charge < -0.3 is 0 Å². The third-order valence-corrected chi connectivity index (χ3v) is 4.73. The highest BCUT2D eigenvalue weighted by Gasteiger charge is 2.17. The fourth-order valence-electron chi connectivity index (χ4n) is 2.77. The summed E-state index contributed by atoms with van der Waals surface area (Å²) in [5.74, 6) is 0.